The van der Waals surface area contributed by atoms with Gasteiger partial charge >= 0.3 is 12.4 Å². The molecule has 0 aromatic heterocycles. The quantitative estimate of drug-likeness (QED) is 0.266. The first kappa shape index (κ1) is 35.8. The highest BCUT2D eigenvalue weighted by molar-refractivity contribution is 5.82. The molecule has 0 radical (unpaired) electrons. The number of halogens is 6. The average molecular weight is 664 g/mol. The maximum atomic E-state index is 14.0. The van der Waals surface area contributed by atoms with Crippen LogP contribution in [0.15, 0.2) is 0 Å². The Balaban J connectivity index is 1.25. The van der Waals surface area contributed by atoms with Gasteiger partial charge in [-0.15, -0.1) is 0 Å². The number of alkyl halides is 6. The minimum atomic E-state index is -4.69. The van der Waals surface area contributed by atoms with Crippen molar-refractivity contribution >= 4 is 11.8 Å². The van der Waals surface area contributed by atoms with E-state index in [1.54, 1.807) is 0 Å². The van der Waals surface area contributed by atoms with Gasteiger partial charge in [-0.3, -0.25) is 14.5 Å². The van der Waals surface area contributed by atoms with E-state index in [9.17, 15) is 35.9 Å². The lowest BCUT2D eigenvalue weighted by atomic mass is 9.74. The number of likely N-dealkylation sites (tertiary alicyclic amines) is 1. The third-order valence-electron chi connectivity index (χ3n) is 12.1. The van der Waals surface area contributed by atoms with Gasteiger partial charge in [0, 0.05) is 37.6 Å². The molecular weight excluding hydrogens is 608 g/mol. The number of nitrogens with one attached hydrogen (secondary N) is 1. The molecule has 0 aromatic carbocycles. The highest BCUT2D eigenvalue weighted by atomic mass is 19.4. The summed E-state index contributed by atoms with van der Waals surface area (Å²) in [7, 11) is 0. The fourth-order valence-electron chi connectivity index (χ4n) is 9.64. The zero-order valence-electron chi connectivity index (χ0n) is 27.4. The molecule has 1 saturated heterocycles. The predicted molar refractivity (Wildman–Crippen MR) is 165 cm³/mol. The Labute approximate surface area is 271 Å². The number of piperidine rings is 1. The SMILES string of the molecule is O=C(NCC1CC(C(F)(F)F)CC(C(F)(F)F)C1)C(C1CCCCC1)N1CCC(N(C(=O)C2CCCCC2)C2CCCCC2)CC1. The van der Waals surface area contributed by atoms with Crippen molar-refractivity contribution in [1.29, 1.82) is 0 Å². The fraction of sp³-hybridized carbons (Fsp3) is 0.943. The Morgan fingerprint density at radius 3 is 1.65 bits per heavy atom. The van der Waals surface area contributed by atoms with Crippen LogP contribution in [0.1, 0.15) is 128 Å². The van der Waals surface area contributed by atoms with E-state index < -0.39 is 42.6 Å². The molecule has 4 saturated carbocycles. The van der Waals surface area contributed by atoms with Gasteiger partial charge in [-0.1, -0.05) is 57.8 Å². The highest BCUT2D eigenvalue weighted by Gasteiger charge is 2.52. The van der Waals surface area contributed by atoms with E-state index in [1.807, 2.05) is 0 Å². The van der Waals surface area contributed by atoms with Crippen molar-refractivity contribution in [2.75, 3.05) is 19.6 Å². The molecule has 0 spiro atoms. The zero-order valence-corrected chi connectivity index (χ0v) is 27.4. The van der Waals surface area contributed by atoms with Crippen LogP contribution in [0.2, 0.25) is 0 Å². The highest BCUT2D eigenvalue weighted by Crippen LogP contribution is 2.47. The first-order valence-corrected chi connectivity index (χ1v) is 18.4. The van der Waals surface area contributed by atoms with Crippen LogP contribution in [0.25, 0.3) is 0 Å². The van der Waals surface area contributed by atoms with Crippen LogP contribution in [-0.2, 0) is 9.59 Å². The summed E-state index contributed by atoms with van der Waals surface area (Å²) in [5.74, 6) is -4.59. The molecular formula is C35H55F6N3O2. The summed E-state index contributed by atoms with van der Waals surface area (Å²) in [6.45, 7) is 1.16. The maximum absolute atomic E-state index is 14.0. The number of carbonyl (C=O) groups is 2. The number of hydrogen-bond acceptors (Lipinski definition) is 3. The van der Waals surface area contributed by atoms with Crippen molar-refractivity contribution in [3.05, 3.63) is 0 Å². The van der Waals surface area contributed by atoms with Crippen LogP contribution in [-0.4, -0.2) is 71.7 Å². The Kier molecular flexibility index (Phi) is 12.3. The van der Waals surface area contributed by atoms with Crippen molar-refractivity contribution < 1.29 is 35.9 Å². The van der Waals surface area contributed by atoms with E-state index in [0.29, 0.717) is 19.0 Å². The number of hydrogen-bond donors (Lipinski definition) is 1. The molecule has 4 aliphatic carbocycles. The standard InChI is InChI=1S/C35H55F6N3O2/c36-34(37,38)27-20-24(21-28(22-27)35(39,40)41)23-42-32(45)31(25-10-4-1-5-11-25)43-18-16-30(17-19-43)44(29-14-8-3-9-15-29)33(46)26-12-6-2-7-13-26/h24-31H,1-23H2,(H,42,45). The van der Waals surface area contributed by atoms with E-state index in [1.165, 1.54) is 12.8 Å². The van der Waals surface area contributed by atoms with Gasteiger partial charge in [0.15, 0.2) is 0 Å². The van der Waals surface area contributed by atoms with E-state index in [-0.39, 0.29) is 49.2 Å². The van der Waals surface area contributed by atoms with Crippen LogP contribution in [0, 0.1) is 29.6 Å². The van der Waals surface area contributed by atoms with Crippen molar-refractivity contribution in [3.8, 4) is 0 Å². The smallest absolute Gasteiger partial charge is 0.354 e. The summed E-state index contributed by atoms with van der Waals surface area (Å²) in [4.78, 5) is 32.3. The summed E-state index contributed by atoms with van der Waals surface area (Å²) in [5, 5.41) is 2.86. The Morgan fingerprint density at radius 1 is 0.652 bits per heavy atom. The van der Waals surface area contributed by atoms with Crippen LogP contribution >= 0.6 is 0 Å². The van der Waals surface area contributed by atoms with Crippen LogP contribution < -0.4 is 5.32 Å². The molecule has 3 atom stereocenters. The minimum Gasteiger partial charge on any atom is -0.354 e. The second-order valence-electron chi connectivity index (χ2n) is 15.3. The van der Waals surface area contributed by atoms with Crippen LogP contribution in [0.4, 0.5) is 26.3 Å². The third-order valence-corrected chi connectivity index (χ3v) is 12.1. The van der Waals surface area contributed by atoms with Crippen LogP contribution in [0.3, 0.4) is 0 Å². The molecule has 46 heavy (non-hydrogen) atoms. The van der Waals surface area contributed by atoms with Crippen molar-refractivity contribution in [3.63, 3.8) is 0 Å². The fourth-order valence-corrected chi connectivity index (χ4v) is 9.64. The van der Waals surface area contributed by atoms with Crippen molar-refractivity contribution in [2.24, 2.45) is 29.6 Å². The lowest BCUT2D eigenvalue weighted by Crippen LogP contribution is -2.58. The van der Waals surface area contributed by atoms with Crippen LogP contribution in [0.5, 0.6) is 0 Å². The van der Waals surface area contributed by atoms with Gasteiger partial charge in [-0.2, -0.15) is 26.3 Å². The molecule has 264 valence electrons. The lowest BCUT2D eigenvalue weighted by Gasteiger charge is -2.47. The summed E-state index contributed by atoms with van der Waals surface area (Å²) in [6, 6.07) is -0.0164. The average Bonchev–Trinajstić information content (AvgIpc) is 3.05. The summed E-state index contributed by atoms with van der Waals surface area (Å²) in [5.41, 5.74) is 0. The number of nitrogens with zero attached hydrogens (tertiary/aromatic N) is 2. The van der Waals surface area contributed by atoms with Crippen molar-refractivity contribution in [1.82, 2.24) is 15.1 Å². The molecule has 1 heterocycles. The number of amides is 2. The van der Waals surface area contributed by atoms with Gasteiger partial charge in [-0.05, 0) is 82.5 Å². The molecule has 0 aromatic rings. The Morgan fingerprint density at radius 2 is 1.13 bits per heavy atom. The largest absolute Gasteiger partial charge is 0.391 e. The molecule has 5 rings (SSSR count). The summed E-state index contributed by atoms with van der Waals surface area (Å²) in [6.07, 6.45) is 6.38. The normalized spacial score (nSPS) is 29.7. The second kappa shape index (κ2) is 15.8. The van der Waals surface area contributed by atoms with Gasteiger partial charge in [-0.25, -0.2) is 0 Å². The molecule has 5 fully saturated rings. The molecule has 3 unspecified atom stereocenters. The van der Waals surface area contributed by atoms with Gasteiger partial charge in [0.2, 0.25) is 11.8 Å². The van der Waals surface area contributed by atoms with Crippen molar-refractivity contribution in [2.45, 2.75) is 159 Å². The minimum absolute atomic E-state index is 0.112. The number of rotatable bonds is 8. The Bertz CT molecular complexity index is 958. The predicted octanol–water partition coefficient (Wildman–Crippen LogP) is 8.41. The molecule has 0 bridgehead atoms. The number of carbonyl (C=O) groups excluding carboxylic acids is 2. The lowest BCUT2D eigenvalue weighted by molar-refractivity contribution is -0.228. The van der Waals surface area contributed by atoms with E-state index >= 15 is 0 Å². The van der Waals surface area contributed by atoms with E-state index in [0.717, 1.165) is 96.3 Å². The van der Waals surface area contributed by atoms with Gasteiger partial charge in [0.1, 0.15) is 0 Å². The molecule has 5 nitrogen and oxygen atoms in total. The first-order valence-electron chi connectivity index (χ1n) is 18.4. The topological polar surface area (TPSA) is 52.7 Å². The molecule has 5 aliphatic rings. The van der Waals surface area contributed by atoms with Gasteiger partial charge < -0.3 is 10.2 Å². The molecule has 1 N–H and O–H groups in total. The van der Waals surface area contributed by atoms with E-state index in [2.05, 4.69) is 15.1 Å². The van der Waals surface area contributed by atoms with E-state index in [4.69, 9.17) is 0 Å². The Hall–Kier alpha value is -1.52. The molecule has 2 amide bonds. The zero-order chi connectivity index (χ0) is 32.9. The molecule has 1 aliphatic heterocycles. The monoisotopic (exact) mass is 663 g/mol. The maximum Gasteiger partial charge on any atom is 0.391 e. The second-order valence-corrected chi connectivity index (χ2v) is 15.3. The summed E-state index contributed by atoms with van der Waals surface area (Å²) < 4.78 is 81.4. The van der Waals surface area contributed by atoms with Gasteiger partial charge in [0.05, 0.1) is 17.9 Å². The molecule has 11 heteroatoms. The van der Waals surface area contributed by atoms with Gasteiger partial charge in [0.25, 0.3) is 0 Å². The summed E-state index contributed by atoms with van der Waals surface area (Å²) >= 11 is 0. The first-order chi connectivity index (χ1) is 21.9. The third kappa shape index (κ3) is 9.13.